The lowest BCUT2D eigenvalue weighted by atomic mass is 9.72. The molecule has 1 aliphatic rings. The van der Waals surface area contributed by atoms with Crippen LogP contribution in [0.2, 0.25) is 0 Å². The second-order valence-electron chi connectivity index (χ2n) is 7.72. The van der Waals surface area contributed by atoms with Gasteiger partial charge in [-0.25, -0.2) is 4.98 Å². The van der Waals surface area contributed by atoms with Gasteiger partial charge in [-0.3, -0.25) is 9.59 Å². The van der Waals surface area contributed by atoms with Crippen molar-refractivity contribution in [2.45, 2.75) is 39.2 Å². The summed E-state index contributed by atoms with van der Waals surface area (Å²) in [5, 5.41) is 20.3. The zero-order valence-electron chi connectivity index (χ0n) is 16.0. The smallest absolute Gasteiger partial charge is 0.314 e. The molecule has 1 aromatic heterocycles. The second-order valence-corrected chi connectivity index (χ2v) is 7.72. The molecular formula is C19H29N3O4. The van der Waals surface area contributed by atoms with E-state index in [1.165, 1.54) is 11.1 Å². The molecule has 0 bridgehead atoms. The van der Waals surface area contributed by atoms with Gasteiger partial charge in [-0.05, 0) is 37.3 Å². The Morgan fingerprint density at radius 3 is 2.58 bits per heavy atom. The van der Waals surface area contributed by atoms with E-state index in [0.717, 1.165) is 5.82 Å². The van der Waals surface area contributed by atoms with E-state index >= 15 is 0 Å². The first-order valence-corrected chi connectivity index (χ1v) is 9.01. The molecule has 2 rings (SSSR count). The predicted octanol–water partition coefficient (Wildman–Crippen LogP) is 1.86. The molecule has 1 amide bonds. The van der Waals surface area contributed by atoms with Crippen molar-refractivity contribution in [2.75, 3.05) is 32.1 Å². The van der Waals surface area contributed by atoms with Crippen molar-refractivity contribution >= 4 is 17.7 Å². The Morgan fingerprint density at radius 1 is 1.38 bits per heavy atom. The van der Waals surface area contributed by atoms with Crippen molar-refractivity contribution in [3.8, 4) is 0 Å². The van der Waals surface area contributed by atoms with Crippen LogP contribution in [0.4, 0.5) is 5.82 Å². The number of aromatic nitrogens is 1. The summed E-state index contributed by atoms with van der Waals surface area (Å²) in [4.78, 5) is 32.5. The number of aliphatic hydroxyl groups is 1. The van der Waals surface area contributed by atoms with Gasteiger partial charge in [-0.1, -0.05) is 13.8 Å². The topological polar surface area (TPSA) is 94.0 Å². The highest BCUT2D eigenvalue weighted by molar-refractivity contribution is 5.94. The van der Waals surface area contributed by atoms with Crippen molar-refractivity contribution in [3.63, 3.8) is 0 Å². The van der Waals surface area contributed by atoms with Crippen molar-refractivity contribution in [2.24, 2.45) is 11.3 Å². The quantitative estimate of drug-likeness (QED) is 0.801. The maximum atomic E-state index is 12.8. The van der Waals surface area contributed by atoms with Crippen LogP contribution in [-0.4, -0.2) is 65.3 Å². The van der Waals surface area contributed by atoms with Crippen LogP contribution < -0.4 is 4.90 Å². The number of nitrogens with zero attached hydrogens (tertiary/aromatic N) is 3. The molecule has 0 aliphatic carbocycles. The number of carboxylic acids is 1. The van der Waals surface area contributed by atoms with E-state index < -0.39 is 17.5 Å². The average molecular weight is 363 g/mol. The Morgan fingerprint density at radius 2 is 2.08 bits per heavy atom. The van der Waals surface area contributed by atoms with Crippen molar-refractivity contribution in [1.29, 1.82) is 0 Å². The van der Waals surface area contributed by atoms with Crippen LogP contribution in [0.1, 0.15) is 43.5 Å². The number of hydrogen-bond acceptors (Lipinski definition) is 5. The van der Waals surface area contributed by atoms with Crippen LogP contribution in [0, 0.1) is 11.3 Å². The fourth-order valence-corrected chi connectivity index (χ4v) is 3.32. The third kappa shape index (κ3) is 4.15. The number of carbonyl (C=O) groups is 2. The number of hydrogen-bond donors (Lipinski definition) is 2. The molecule has 0 saturated carbocycles. The van der Waals surface area contributed by atoms with E-state index in [4.69, 9.17) is 0 Å². The maximum absolute atomic E-state index is 12.8. The largest absolute Gasteiger partial charge is 0.481 e. The standard InChI is InChI=1S/C19H29N3O4/c1-13(2)7-9-19(18(25)26)12-22(10-8-15(19)23)17(24)14-5-6-16(20-11-14)21(3)4/h5-6,11,13,15,23H,7-10,12H2,1-4H3,(H,25,26)/t15-,19-/m1/s1. The molecule has 0 radical (unpaired) electrons. The highest BCUT2D eigenvalue weighted by atomic mass is 16.4. The monoisotopic (exact) mass is 363 g/mol. The Hall–Kier alpha value is -2.15. The van der Waals surface area contributed by atoms with Crippen LogP contribution in [-0.2, 0) is 4.79 Å². The lowest BCUT2D eigenvalue weighted by molar-refractivity contribution is -0.163. The molecule has 7 nitrogen and oxygen atoms in total. The molecule has 26 heavy (non-hydrogen) atoms. The lowest BCUT2D eigenvalue weighted by Gasteiger charge is -2.43. The minimum Gasteiger partial charge on any atom is -0.481 e. The number of aliphatic carboxylic acids is 1. The van der Waals surface area contributed by atoms with Crippen LogP contribution in [0.25, 0.3) is 0 Å². The number of piperidine rings is 1. The number of anilines is 1. The summed E-state index contributed by atoms with van der Waals surface area (Å²) in [6, 6.07) is 3.46. The Bertz CT molecular complexity index is 645. The summed E-state index contributed by atoms with van der Waals surface area (Å²) >= 11 is 0. The summed E-state index contributed by atoms with van der Waals surface area (Å²) in [6.45, 7) is 4.40. The van der Waals surface area contributed by atoms with Gasteiger partial charge in [-0.2, -0.15) is 0 Å². The maximum Gasteiger partial charge on any atom is 0.314 e. The molecule has 1 fully saturated rings. The molecule has 2 N–H and O–H groups in total. The molecule has 144 valence electrons. The molecule has 1 saturated heterocycles. The summed E-state index contributed by atoms with van der Waals surface area (Å²) in [7, 11) is 3.73. The molecular weight excluding hydrogens is 334 g/mol. The molecule has 1 aromatic rings. The Balaban J connectivity index is 2.21. The number of carboxylic acid groups (broad SMARTS) is 1. The fraction of sp³-hybridized carbons (Fsp3) is 0.632. The van der Waals surface area contributed by atoms with E-state index in [-0.39, 0.29) is 18.9 Å². The number of likely N-dealkylation sites (tertiary alicyclic amines) is 1. The summed E-state index contributed by atoms with van der Waals surface area (Å²) in [5.74, 6) is -0.214. The summed E-state index contributed by atoms with van der Waals surface area (Å²) < 4.78 is 0. The summed E-state index contributed by atoms with van der Waals surface area (Å²) in [5.41, 5.74) is -0.884. The first kappa shape index (κ1) is 20.2. The first-order valence-electron chi connectivity index (χ1n) is 9.01. The number of aliphatic hydroxyl groups excluding tert-OH is 1. The number of pyridine rings is 1. The fourth-order valence-electron chi connectivity index (χ4n) is 3.32. The minimum atomic E-state index is -1.31. The van der Waals surface area contributed by atoms with Gasteiger partial charge in [0.1, 0.15) is 11.2 Å². The van der Waals surface area contributed by atoms with E-state index in [0.29, 0.717) is 30.9 Å². The van der Waals surface area contributed by atoms with E-state index in [2.05, 4.69) is 4.98 Å². The zero-order chi connectivity index (χ0) is 19.5. The minimum absolute atomic E-state index is 0.0183. The van der Waals surface area contributed by atoms with Gasteiger partial charge in [0.2, 0.25) is 0 Å². The molecule has 2 atom stereocenters. The highest BCUT2D eigenvalue weighted by Gasteiger charge is 2.49. The van der Waals surface area contributed by atoms with E-state index in [1.54, 1.807) is 12.1 Å². The van der Waals surface area contributed by atoms with Gasteiger partial charge in [0.25, 0.3) is 5.91 Å². The normalized spacial score (nSPS) is 23.2. The van der Waals surface area contributed by atoms with Gasteiger partial charge in [0, 0.05) is 33.4 Å². The first-order chi connectivity index (χ1) is 12.2. The van der Waals surface area contributed by atoms with Gasteiger partial charge < -0.3 is 20.0 Å². The van der Waals surface area contributed by atoms with Gasteiger partial charge in [0.15, 0.2) is 0 Å². The summed E-state index contributed by atoms with van der Waals surface area (Å²) in [6.07, 6.45) is 1.86. The van der Waals surface area contributed by atoms with Gasteiger partial charge in [-0.15, -0.1) is 0 Å². The molecule has 1 aliphatic heterocycles. The number of amides is 1. The lowest BCUT2D eigenvalue weighted by Crippen LogP contribution is -2.57. The highest BCUT2D eigenvalue weighted by Crippen LogP contribution is 2.37. The second kappa shape index (κ2) is 8.03. The van der Waals surface area contributed by atoms with E-state index in [9.17, 15) is 19.8 Å². The predicted molar refractivity (Wildman–Crippen MR) is 99.2 cm³/mol. The third-order valence-electron chi connectivity index (χ3n) is 5.12. The molecule has 0 spiro atoms. The number of rotatable bonds is 6. The van der Waals surface area contributed by atoms with Crippen LogP contribution in [0.3, 0.4) is 0 Å². The van der Waals surface area contributed by atoms with Gasteiger partial charge >= 0.3 is 5.97 Å². The molecule has 2 heterocycles. The van der Waals surface area contributed by atoms with Crippen LogP contribution in [0.5, 0.6) is 0 Å². The van der Waals surface area contributed by atoms with Crippen LogP contribution >= 0.6 is 0 Å². The SMILES string of the molecule is CC(C)CC[C@@]1(C(=O)O)CN(C(=O)c2ccc(N(C)C)nc2)CC[C@H]1O. The Labute approximate surface area is 154 Å². The Kier molecular flexibility index (Phi) is 6.23. The molecule has 0 unspecified atom stereocenters. The van der Waals surface area contributed by atoms with Crippen LogP contribution in [0.15, 0.2) is 18.3 Å². The van der Waals surface area contributed by atoms with Crippen molar-refractivity contribution in [1.82, 2.24) is 9.88 Å². The average Bonchev–Trinajstić information content (AvgIpc) is 2.60. The number of carbonyl (C=O) groups excluding carboxylic acids is 1. The van der Waals surface area contributed by atoms with Crippen molar-refractivity contribution < 1.29 is 19.8 Å². The third-order valence-corrected chi connectivity index (χ3v) is 5.12. The van der Waals surface area contributed by atoms with E-state index in [1.807, 2.05) is 32.8 Å². The van der Waals surface area contributed by atoms with Gasteiger partial charge in [0.05, 0.1) is 11.7 Å². The molecule has 0 aromatic carbocycles. The zero-order valence-corrected chi connectivity index (χ0v) is 16.0. The molecule has 7 heteroatoms. The van der Waals surface area contributed by atoms with Crippen molar-refractivity contribution in [3.05, 3.63) is 23.9 Å².